The van der Waals surface area contributed by atoms with E-state index in [2.05, 4.69) is 4.74 Å². The van der Waals surface area contributed by atoms with Gasteiger partial charge in [-0.05, 0) is 19.8 Å². The lowest BCUT2D eigenvalue weighted by Crippen LogP contribution is -2.40. The minimum Gasteiger partial charge on any atom is -0.459 e. The molecule has 0 heterocycles. The van der Waals surface area contributed by atoms with Gasteiger partial charge in [-0.2, -0.15) is 8.78 Å². The van der Waals surface area contributed by atoms with Crippen molar-refractivity contribution in [2.45, 2.75) is 46.6 Å². The molecule has 0 aromatic heterocycles. The van der Waals surface area contributed by atoms with Crippen LogP contribution in [-0.4, -0.2) is 18.0 Å². The van der Waals surface area contributed by atoms with Crippen molar-refractivity contribution in [1.82, 2.24) is 0 Å². The van der Waals surface area contributed by atoms with E-state index in [9.17, 15) is 13.6 Å². The molecule has 0 saturated carbocycles. The molecule has 0 spiro atoms. The van der Waals surface area contributed by atoms with Gasteiger partial charge in [0.15, 0.2) is 0 Å². The summed E-state index contributed by atoms with van der Waals surface area (Å²) >= 11 is 0. The predicted octanol–water partition coefficient (Wildman–Crippen LogP) is 2.87. The summed E-state index contributed by atoms with van der Waals surface area (Å²) in [5.41, 5.74) is 0. The lowest BCUT2D eigenvalue weighted by molar-refractivity contribution is -0.185. The highest BCUT2D eigenvalue weighted by Gasteiger charge is 2.47. The number of carbonyl (C=O) groups excluding carboxylic acids is 1. The van der Waals surface area contributed by atoms with E-state index in [1.54, 1.807) is 27.7 Å². The molecule has 0 saturated heterocycles. The molecule has 0 aromatic rings. The average Bonchev–Trinajstić information content (AvgIpc) is 2.01. The number of rotatable bonds is 4. The summed E-state index contributed by atoms with van der Waals surface area (Å²) in [7, 11) is 0. The highest BCUT2D eigenvalue weighted by molar-refractivity contribution is 5.78. The van der Waals surface area contributed by atoms with Crippen LogP contribution in [-0.2, 0) is 9.53 Å². The first-order chi connectivity index (χ1) is 6.19. The van der Waals surface area contributed by atoms with Crippen LogP contribution in [0.15, 0.2) is 0 Å². The number of alkyl halides is 2. The second-order valence-corrected chi connectivity index (χ2v) is 4.11. The Bertz CT molecular complexity index is 200. The van der Waals surface area contributed by atoms with Crippen molar-refractivity contribution in [3.05, 3.63) is 0 Å². The summed E-state index contributed by atoms with van der Waals surface area (Å²) in [6, 6.07) is 0. The van der Waals surface area contributed by atoms with Gasteiger partial charge in [0, 0.05) is 5.92 Å². The molecule has 14 heavy (non-hydrogen) atoms. The second-order valence-electron chi connectivity index (χ2n) is 4.11. The third kappa shape index (κ3) is 3.24. The van der Waals surface area contributed by atoms with E-state index < -0.39 is 23.9 Å². The van der Waals surface area contributed by atoms with E-state index >= 15 is 0 Å². The molecule has 0 radical (unpaired) electrons. The molecule has 0 bridgehead atoms. The van der Waals surface area contributed by atoms with E-state index in [4.69, 9.17) is 0 Å². The highest BCUT2D eigenvalue weighted by atomic mass is 19.3. The Morgan fingerprint density at radius 1 is 1.14 bits per heavy atom. The van der Waals surface area contributed by atoms with Crippen molar-refractivity contribution in [3.8, 4) is 0 Å². The molecular formula is C10H18F2O2. The summed E-state index contributed by atoms with van der Waals surface area (Å²) in [6.07, 6.45) is -0.507. The smallest absolute Gasteiger partial charge is 0.377 e. The summed E-state index contributed by atoms with van der Waals surface area (Å²) in [5.74, 6) is -6.08. The van der Waals surface area contributed by atoms with Crippen LogP contribution in [0.4, 0.5) is 8.78 Å². The molecule has 0 N–H and O–H groups in total. The zero-order valence-corrected chi connectivity index (χ0v) is 9.30. The molecule has 0 rings (SSSR count). The van der Waals surface area contributed by atoms with Crippen molar-refractivity contribution in [2.24, 2.45) is 11.8 Å². The Morgan fingerprint density at radius 2 is 1.57 bits per heavy atom. The summed E-state index contributed by atoms with van der Waals surface area (Å²) < 4.78 is 31.2. The van der Waals surface area contributed by atoms with E-state index in [1.807, 2.05) is 0 Å². The Labute approximate surface area is 83.6 Å². The molecule has 2 nitrogen and oxygen atoms in total. The van der Waals surface area contributed by atoms with Gasteiger partial charge in [0.05, 0.1) is 6.10 Å². The van der Waals surface area contributed by atoms with Crippen LogP contribution >= 0.6 is 0 Å². The zero-order chi connectivity index (χ0) is 11.5. The molecule has 0 aliphatic carbocycles. The highest BCUT2D eigenvalue weighted by Crippen LogP contribution is 2.31. The van der Waals surface area contributed by atoms with Gasteiger partial charge in [-0.1, -0.05) is 20.8 Å². The molecule has 1 unspecified atom stereocenters. The minimum atomic E-state index is -3.39. The summed E-state index contributed by atoms with van der Waals surface area (Å²) in [5, 5.41) is 0. The monoisotopic (exact) mass is 208 g/mol. The largest absolute Gasteiger partial charge is 0.459 e. The van der Waals surface area contributed by atoms with Gasteiger partial charge in [-0.15, -0.1) is 0 Å². The van der Waals surface area contributed by atoms with Crippen LogP contribution in [0, 0.1) is 11.8 Å². The number of carbonyl (C=O) groups is 1. The molecule has 0 amide bonds. The topological polar surface area (TPSA) is 26.3 Å². The third-order valence-electron chi connectivity index (χ3n) is 2.19. The number of esters is 1. The van der Waals surface area contributed by atoms with Gasteiger partial charge >= 0.3 is 11.9 Å². The van der Waals surface area contributed by atoms with Gasteiger partial charge < -0.3 is 4.74 Å². The van der Waals surface area contributed by atoms with Crippen LogP contribution in [0.2, 0.25) is 0 Å². The normalized spacial score (nSPS) is 14.6. The van der Waals surface area contributed by atoms with Gasteiger partial charge in [0.2, 0.25) is 0 Å². The second kappa shape index (κ2) is 4.71. The fourth-order valence-electron chi connectivity index (χ4n) is 0.897. The molecular weight excluding hydrogens is 190 g/mol. The lowest BCUT2D eigenvalue weighted by atomic mass is 9.91. The maximum absolute atomic E-state index is 13.3. The number of ether oxygens (including phenoxy) is 1. The maximum atomic E-state index is 13.3. The van der Waals surface area contributed by atoms with E-state index in [-0.39, 0.29) is 5.92 Å². The minimum absolute atomic E-state index is 0.260. The molecule has 0 aromatic carbocycles. The van der Waals surface area contributed by atoms with Gasteiger partial charge in [-0.25, -0.2) is 4.79 Å². The van der Waals surface area contributed by atoms with Crippen molar-refractivity contribution in [2.75, 3.05) is 0 Å². The lowest BCUT2D eigenvalue weighted by Gasteiger charge is -2.25. The SMILES string of the molecule is CC(C)OC(=O)C(F)(F)C(C)C(C)C. The molecule has 1 atom stereocenters. The van der Waals surface area contributed by atoms with Crippen molar-refractivity contribution < 1.29 is 18.3 Å². The zero-order valence-electron chi connectivity index (χ0n) is 9.30. The molecule has 0 aliphatic heterocycles. The summed E-state index contributed by atoms with van der Waals surface area (Å²) in [6.45, 7) is 7.76. The van der Waals surface area contributed by atoms with Gasteiger partial charge in [0.25, 0.3) is 0 Å². The number of halogens is 2. The first-order valence-corrected chi connectivity index (χ1v) is 4.78. The quantitative estimate of drug-likeness (QED) is 0.664. The van der Waals surface area contributed by atoms with E-state index in [0.29, 0.717) is 0 Å². The molecule has 0 aliphatic rings. The number of hydrogen-bond acceptors (Lipinski definition) is 2. The fourth-order valence-corrected chi connectivity index (χ4v) is 0.897. The Hall–Kier alpha value is -0.670. The van der Waals surface area contributed by atoms with E-state index in [1.165, 1.54) is 6.92 Å². The van der Waals surface area contributed by atoms with Crippen LogP contribution in [0.5, 0.6) is 0 Å². The molecule has 0 fully saturated rings. The van der Waals surface area contributed by atoms with Gasteiger partial charge in [-0.3, -0.25) is 0 Å². The van der Waals surface area contributed by atoms with Crippen LogP contribution < -0.4 is 0 Å². The van der Waals surface area contributed by atoms with Crippen LogP contribution in [0.25, 0.3) is 0 Å². The van der Waals surface area contributed by atoms with E-state index in [0.717, 1.165) is 0 Å². The molecule has 84 valence electrons. The van der Waals surface area contributed by atoms with Crippen molar-refractivity contribution >= 4 is 5.97 Å². The Morgan fingerprint density at radius 3 is 1.86 bits per heavy atom. The molecule has 4 heteroatoms. The third-order valence-corrected chi connectivity index (χ3v) is 2.19. The Kier molecular flexibility index (Phi) is 4.49. The number of hydrogen-bond donors (Lipinski definition) is 0. The summed E-state index contributed by atoms with van der Waals surface area (Å²) in [4.78, 5) is 11.0. The van der Waals surface area contributed by atoms with Crippen LogP contribution in [0.3, 0.4) is 0 Å². The van der Waals surface area contributed by atoms with Gasteiger partial charge in [0.1, 0.15) is 0 Å². The predicted molar refractivity (Wildman–Crippen MR) is 50.2 cm³/mol. The average molecular weight is 208 g/mol. The first kappa shape index (κ1) is 13.3. The van der Waals surface area contributed by atoms with Crippen molar-refractivity contribution in [1.29, 1.82) is 0 Å². The fraction of sp³-hybridized carbons (Fsp3) is 0.900. The standard InChI is InChI=1S/C10H18F2O2/c1-6(2)8(5)10(11,12)9(13)14-7(3)4/h6-8H,1-5H3. The van der Waals surface area contributed by atoms with Crippen LogP contribution in [0.1, 0.15) is 34.6 Å². The Balaban J connectivity index is 4.52. The maximum Gasteiger partial charge on any atom is 0.377 e. The van der Waals surface area contributed by atoms with Crippen molar-refractivity contribution in [3.63, 3.8) is 0 Å². The first-order valence-electron chi connectivity index (χ1n) is 4.78.